The fourth-order valence-corrected chi connectivity index (χ4v) is 4.84. The first-order valence-electron chi connectivity index (χ1n) is 14.1. The normalized spacial score (nSPS) is 41.9. The molecule has 1 N–H and O–H groups in total. The number of rotatable bonds is 6. The maximum Gasteiger partial charge on any atom is 0.311 e. The second-order valence-corrected chi connectivity index (χ2v) is 9.33. The first-order valence-corrected chi connectivity index (χ1v) is 11.1. The molecular formula is C25H38O5. The van der Waals surface area contributed by atoms with E-state index in [0.717, 1.165) is 5.57 Å². The summed E-state index contributed by atoms with van der Waals surface area (Å²) in [5.74, 6) is -2.38. The average molecular weight is 425 g/mol. The van der Waals surface area contributed by atoms with Crippen molar-refractivity contribution in [2.75, 3.05) is 0 Å². The molecule has 3 aliphatic rings. The lowest BCUT2D eigenvalue weighted by molar-refractivity contribution is -0.166. The first kappa shape index (κ1) is 16.1. The standard InChI is InChI=1S/C25H38O5/c1-6-25(4,5)24(28)30-21-12-15(2)11-17-8-7-16(3)20(23(17)21)10-9-19-13-18(26)14-22(27)29-19/h7-8,11,15-16,18-21,23,26H,6,9-10,12-14H2,1-5H3/t15-,16-,18+,19?,20-,21-,23-/m0/s1/i2D3,4D3/t15-,16-,18+,19?,20-,21-,23-,25?. The molecule has 1 saturated heterocycles. The largest absolute Gasteiger partial charge is 0.462 e. The van der Waals surface area contributed by atoms with Gasteiger partial charge in [-0.2, -0.15) is 0 Å². The molecule has 5 heteroatoms. The SMILES string of the molecule is [2H]C([2H])([2H])[C@H]1C=C2C=C[C@H](C)[C@H](CCC3C[C@@H](O)CC(=O)O3)[C@H]2[C@@H](OC(=O)C(C)(CC)C([2H])([2H])[2H])C1. The van der Waals surface area contributed by atoms with E-state index in [1.54, 1.807) is 13.0 Å². The number of carbonyl (C=O) groups excluding carboxylic acids is 2. The zero-order valence-electron chi connectivity index (χ0n) is 24.1. The maximum atomic E-state index is 13.3. The molecule has 0 spiro atoms. The van der Waals surface area contributed by atoms with Gasteiger partial charge in [0.15, 0.2) is 0 Å². The van der Waals surface area contributed by atoms with Crippen LogP contribution in [0.15, 0.2) is 23.8 Å². The number of esters is 2. The molecule has 0 amide bonds. The molecular weight excluding hydrogens is 380 g/mol. The Hall–Kier alpha value is -1.62. The van der Waals surface area contributed by atoms with Gasteiger partial charge in [-0.15, -0.1) is 0 Å². The van der Waals surface area contributed by atoms with E-state index in [9.17, 15) is 14.7 Å². The van der Waals surface area contributed by atoms with E-state index >= 15 is 0 Å². The third-order valence-corrected chi connectivity index (χ3v) is 6.87. The van der Waals surface area contributed by atoms with Crippen LogP contribution in [0.5, 0.6) is 0 Å². The fraction of sp³-hybridized carbons (Fsp3) is 0.760. The number of ether oxygens (including phenoxy) is 2. The number of hydrogen-bond acceptors (Lipinski definition) is 5. The van der Waals surface area contributed by atoms with Crippen LogP contribution in [-0.2, 0) is 19.1 Å². The molecule has 0 aromatic heterocycles. The van der Waals surface area contributed by atoms with E-state index in [4.69, 9.17) is 17.7 Å². The minimum absolute atomic E-state index is 0.0111. The van der Waals surface area contributed by atoms with E-state index in [-0.39, 0.29) is 37.0 Å². The second-order valence-electron chi connectivity index (χ2n) is 9.33. The van der Waals surface area contributed by atoms with E-state index in [0.29, 0.717) is 19.3 Å². The Morgan fingerprint density at radius 2 is 2.20 bits per heavy atom. The minimum Gasteiger partial charge on any atom is -0.462 e. The highest BCUT2D eigenvalue weighted by Crippen LogP contribution is 2.45. The van der Waals surface area contributed by atoms with Gasteiger partial charge in [0.2, 0.25) is 0 Å². The molecule has 2 unspecified atom stereocenters. The van der Waals surface area contributed by atoms with Gasteiger partial charge in [0, 0.05) is 20.6 Å². The van der Waals surface area contributed by atoms with E-state index in [1.165, 1.54) is 6.92 Å². The molecule has 168 valence electrons. The zero-order valence-corrected chi connectivity index (χ0v) is 18.1. The Kier molecular flexibility index (Phi) is 4.96. The van der Waals surface area contributed by atoms with Gasteiger partial charge in [-0.1, -0.05) is 38.9 Å². The predicted octanol–water partition coefficient (Wildman–Crippen LogP) is 4.59. The van der Waals surface area contributed by atoms with Crippen LogP contribution >= 0.6 is 0 Å². The molecule has 0 radical (unpaired) electrons. The van der Waals surface area contributed by atoms with Crippen molar-refractivity contribution < 1.29 is 32.4 Å². The highest BCUT2D eigenvalue weighted by molar-refractivity contribution is 5.76. The van der Waals surface area contributed by atoms with Crippen LogP contribution < -0.4 is 0 Å². The molecule has 8 atom stereocenters. The number of fused-ring (bicyclic) bond motifs is 1. The number of cyclic esters (lactones) is 1. The van der Waals surface area contributed by atoms with Crippen LogP contribution in [0.3, 0.4) is 0 Å². The van der Waals surface area contributed by atoms with Crippen LogP contribution in [0.4, 0.5) is 0 Å². The lowest BCUT2D eigenvalue weighted by Crippen LogP contribution is -2.43. The molecule has 2 aliphatic carbocycles. The summed E-state index contributed by atoms with van der Waals surface area (Å²) in [6.45, 7) is 0.166. The lowest BCUT2D eigenvalue weighted by atomic mass is 9.65. The van der Waals surface area contributed by atoms with Crippen LogP contribution in [0.1, 0.15) is 81.2 Å². The topological polar surface area (TPSA) is 72.8 Å². The molecule has 1 fully saturated rings. The summed E-state index contributed by atoms with van der Waals surface area (Å²) in [5.41, 5.74) is -0.932. The molecule has 0 aromatic carbocycles. The molecule has 1 heterocycles. The van der Waals surface area contributed by atoms with Crippen LogP contribution in [0, 0.1) is 29.1 Å². The third kappa shape index (κ3) is 5.16. The number of hydrogen-bond donors (Lipinski definition) is 1. The average Bonchev–Trinajstić information content (AvgIpc) is 2.75. The van der Waals surface area contributed by atoms with Crippen molar-refractivity contribution in [3.63, 3.8) is 0 Å². The van der Waals surface area contributed by atoms with Crippen molar-refractivity contribution in [1.29, 1.82) is 0 Å². The summed E-state index contributed by atoms with van der Waals surface area (Å²) in [7, 11) is 0. The molecule has 3 rings (SSSR count). The Labute approximate surface area is 189 Å². The van der Waals surface area contributed by atoms with Crippen molar-refractivity contribution in [3.8, 4) is 0 Å². The van der Waals surface area contributed by atoms with Crippen molar-refractivity contribution in [2.45, 2.75) is 91.3 Å². The summed E-state index contributed by atoms with van der Waals surface area (Å²) in [6.07, 6.45) is 5.30. The van der Waals surface area contributed by atoms with Gasteiger partial charge >= 0.3 is 11.9 Å². The van der Waals surface area contributed by atoms with Gasteiger partial charge in [0.25, 0.3) is 0 Å². The van der Waals surface area contributed by atoms with Crippen molar-refractivity contribution in [3.05, 3.63) is 23.8 Å². The summed E-state index contributed by atoms with van der Waals surface area (Å²) in [4.78, 5) is 25.0. The number of aliphatic hydroxyl groups is 1. The van der Waals surface area contributed by atoms with E-state index in [2.05, 4.69) is 0 Å². The quantitative estimate of drug-likeness (QED) is 0.632. The highest BCUT2D eigenvalue weighted by Gasteiger charge is 2.43. The summed E-state index contributed by atoms with van der Waals surface area (Å²) in [5, 5.41) is 9.96. The van der Waals surface area contributed by atoms with Gasteiger partial charge in [-0.25, -0.2) is 0 Å². The van der Waals surface area contributed by atoms with Gasteiger partial charge in [-0.05, 0) is 62.8 Å². The third-order valence-electron chi connectivity index (χ3n) is 6.87. The maximum absolute atomic E-state index is 13.3. The number of aliphatic hydroxyl groups excluding tert-OH is 1. The van der Waals surface area contributed by atoms with Gasteiger partial charge in [0.1, 0.15) is 12.2 Å². The Morgan fingerprint density at radius 1 is 1.40 bits per heavy atom. The van der Waals surface area contributed by atoms with Crippen molar-refractivity contribution in [1.82, 2.24) is 0 Å². The molecule has 0 bridgehead atoms. The van der Waals surface area contributed by atoms with Crippen LogP contribution in [-0.4, -0.2) is 35.4 Å². The molecule has 30 heavy (non-hydrogen) atoms. The van der Waals surface area contributed by atoms with Crippen molar-refractivity contribution in [2.24, 2.45) is 29.1 Å². The fourth-order valence-electron chi connectivity index (χ4n) is 4.84. The van der Waals surface area contributed by atoms with Gasteiger partial charge in [-0.3, -0.25) is 9.59 Å². The molecule has 1 aliphatic heterocycles. The zero-order chi connectivity index (χ0) is 27.1. The number of allylic oxidation sites excluding steroid dienone is 3. The number of carbonyl (C=O) groups is 2. The lowest BCUT2D eigenvalue weighted by Gasteiger charge is -2.44. The van der Waals surface area contributed by atoms with Crippen LogP contribution in [0.2, 0.25) is 0 Å². The summed E-state index contributed by atoms with van der Waals surface area (Å²) >= 11 is 0. The Morgan fingerprint density at radius 3 is 2.87 bits per heavy atom. The molecule has 0 saturated carbocycles. The smallest absolute Gasteiger partial charge is 0.311 e. The van der Waals surface area contributed by atoms with Gasteiger partial charge < -0.3 is 14.6 Å². The molecule has 5 nitrogen and oxygen atoms in total. The highest BCUT2D eigenvalue weighted by atomic mass is 16.6. The Balaban J connectivity index is 1.90. The van der Waals surface area contributed by atoms with E-state index in [1.807, 2.05) is 19.1 Å². The predicted molar refractivity (Wildman–Crippen MR) is 115 cm³/mol. The Bertz CT molecular complexity index is 894. The summed E-state index contributed by atoms with van der Waals surface area (Å²) in [6, 6.07) is 0. The monoisotopic (exact) mass is 424 g/mol. The van der Waals surface area contributed by atoms with Gasteiger partial charge in [0.05, 0.1) is 17.9 Å². The summed E-state index contributed by atoms with van der Waals surface area (Å²) < 4.78 is 58.9. The second kappa shape index (κ2) is 9.25. The minimum atomic E-state index is -2.57. The van der Waals surface area contributed by atoms with Crippen molar-refractivity contribution >= 4 is 11.9 Å². The first-order chi connectivity index (χ1) is 16.6. The molecule has 0 aromatic rings. The van der Waals surface area contributed by atoms with E-state index < -0.39 is 55.3 Å². The van der Waals surface area contributed by atoms with Crippen LogP contribution in [0.25, 0.3) is 0 Å².